The van der Waals surface area contributed by atoms with Gasteiger partial charge in [0, 0.05) is 4.47 Å². The van der Waals surface area contributed by atoms with Crippen LogP contribution in [0.4, 0.5) is 9.18 Å². The smallest absolute Gasteiger partial charge is 0.325 e. The summed E-state index contributed by atoms with van der Waals surface area (Å²) in [5.74, 6) is -0.0998. The molecule has 3 amide bonds. The van der Waals surface area contributed by atoms with Crippen molar-refractivity contribution in [1.29, 1.82) is 0 Å². The molecule has 1 saturated heterocycles. The van der Waals surface area contributed by atoms with Crippen LogP contribution in [0.2, 0.25) is 0 Å². The standard InChI is InChI=1S/C19H18BrFN2O3/c1-2-19(13-6-8-15(21)9-7-13)17(24)23(18(25)22-19)10-11-26-16-5-3-4-14(20)12-16/h3-9,12H,2,10-11H2,1H3,(H,22,25)/t19-/m1/s1. The molecule has 1 fully saturated rings. The van der Waals surface area contributed by atoms with Gasteiger partial charge in [-0.3, -0.25) is 9.69 Å². The second-order valence-electron chi connectivity index (χ2n) is 5.96. The molecule has 2 aromatic rings. The van der Waals surface area contributed by atoms with E-state index in [1.807, 2.05) is 19.1 Å². The van der Waals surface area contributed by atoms with Crippen molar-refractivity contribution in [3.05, 3.63) is 64.4 Å². The SMILES string of the molecule is CC[C@]1(c2ccc(F)cc2)NC(=O)N(CCOc2cccc(Br)c2)C1=O. The molecule has 1 atom stereocenters. The van der Waals surface area contributed by atoms with Crippen LogP contribution in [0.25, 0.3) is 0 Å². The summed E-state index contributed by atoms with van der Waals surface area (Å²) >= 11 is 3.36. The second kappa shape index (κ2) is 7.45. The molecule has 7 heteroatoms. The van der Waals surface area contributed by atoms with E-state index in [0.29, 0.717) is 17.7 Å². The fraction of sp³-hybridized carbons (Fsp3) is 0.263. The van der Waals surface area contributed by atoms with Crippen LogP contribution in [0.5, 0.6) is 5.75 Å². The number of carbonyl (C=O) groups is 2. The fourth-order valence-corrected chi connectivity index (χ4v) is 3.39. The van der Waals surface area contributed by atoms with Gasteiger partial charge in [0.15, 0.2) is 0 Å². The molecule has 3 rings (SSSR count). The predicted molar refractivity (Wildman–Crippen MR) is 98.3 cm³/mol. The highest BCUT2D eigenvalue weighted by Gasteiger charge is 2.51. The Hall–Kier alpha value is -2.41. The van der Waals surface area contributed by atoms with Crippen LogP contribution in [0.1, 0.15) is 18.9 Å². The van der Waals surface area contributed by atoms with Crippen LogP contribution in [-0.4, -0.2) is 30.0 Å². The van der Waals surface area contributed by atoms with E-state index < -0.39 is 17.4 Å². The van der Waals surface area contributed by atoms with Gasteiger partial charge < -0.3 is 10.1 Å². The van der Waals surface area contributed by atoms with Gasteiger partial charge in [0.1, 0.15) is 23.7 Å². The average Bonchev–Trinajstić information content (AvgIpc) is 2.87. The number of amides is 3. The average molecular weight is 421 g/mol. The van der Waals surface area contributed by atoms with Crippen molar-refractivity contribution >= 4 is 27.9 Å². The first-order valence-corrected chi connectivity index (χ1v) is 9.04. The Morgan fingerprint density at radius 1 is 1.19 bits per heavy atom. The number of nitrogens with one attached hydrogen (secondary N) is 1. The Morgan fingerprint density at radius 2 is 1.92 bits per heavy atom. The second-order valence-corrected chi connectivity index (χ2v) is 6.87. The lowest BCUT2D eigenvalue weighted by molar-refractivity contribution is -0.132. The summed E-state index contributed by atoms with van der Waals surface area (Å²) in [7, 11) is 0. The first kappa shape index (κ1) is 18.4. The molecular formula is C19H18BrFN2O3. The number of hydrogen-bond acceptors (Lipinski definition) is 3. The third-order valence-electron chi connectivity index (χ3n) is 4.42. The molecule has 0 saturated carbocycles. The number of benzene rings is 2. The molecule has 1 heterocycles. The van der Waals surface area contributed by atoms with Crippen molar-refractivity contribution in [1.82, 2.24) is 10.2 Å². The van der Waals surface area contributed by atoms with Crippen LogP contribution < -0.4 is 10.1 Å². The largest absolute Gasteiger partial charge is 0.492 e. The third-order valence-corrected chi connectivity index (χ3v) is 4.92. The van der Waals surface area contributed by atoms with Gasteiger partial charge in [-0.1, -0.05) is 41.1 Å². The van der Waals surface area contributed by atoms with E-state index in [1.54, 1.807) is 12.1 Å². The zero-order chi connectivity index (χ0) is 18.7. The van der Waals surface area contributed by atoms with Gasteiger partial charge in [-0.15, -0.1) is 0 Å². The summed E-state index contributed by atoms with van der Waals surface area (Å²) < 4.78 is 19.7. The van der Waals surface area contributed by atoms with E-state index in [-0.39, 0.29) is 19.1 Å². The molecule has 26 heavy (non-hydrogen) atoms. The van der Waals surface area contributed by atoms with Crippen LogP contribution in [0.15, 0.2) is 53.0 Å². The summed E-state index contributed by atoms with van der Waals surface area (Å²) in [5.41, 5.74) is -0.601. The molecule has 0 aromatic heterocycles. The quantitative estimate of drug-likeness (QED) is 0.722. The van der Waals surface area contributed by atoms with Crippen molar-refractivity contribution in [2.75, 3.05) is 13.2 Å². The molecule has 2 aromatic carbocycles. The van der Waals surface area contributed by atoms with Gasteiger partial charge in [-0.25, -0.2) is 9.18 Å². The third kappa shape index (κ3) is 3.44. The molecule has 0 unspecified atom stereocenters. The van der Waals surface area contributed by atoms with Crippen molar-refractivity contribution in [2.45, 2.75) is 18.9 Å². The van der Waals surface area contributed by atoms with Gasteiger partial charge >= 0.3 is 6.03 Å². The first-order chi connectivity index (χ1) is 12.5. The van der Waals surface area contributed by atoms with E-state index in [0.717, 1.165) is 9.37 Å². The minimum atomic E-state index is -1.17. The molecule has 1 aliphatic heterocycles. The Labute approximate surface area is 159 Å². The number of imide groups is 1. The molecule has 1 N–H and O–H groups in total. The van der Waals surface area contributed by atoms with Crippen LogP contribution in [-0.2, 0) is 10.3 Å². The number of ether oxygens (including phenoxy) is 1. The van der Waals surface area contributed by atoms with Crippen molar-refractivity contribution in [2.24, 2.45) is 0 Å². The highest BCUT2D eigenvalue weighted by molar-refractivity contribution is 9.10. The van der Waals surface area contributed by atoms with Crippen LogP contribution in [0, 0.1) is 5.82 Å². The first-order valence-electron chi connectivity index (χ1n) is 8.25. The van der Waals surface area contributed by atoms with Gasteiger partial charge in [0.2, 0.25) is 0 Å². The molecule has 0 aliphatic carbocycles. The molecule has 1 aliphatic rings. The van der Waals surface area contributed by atoms with Gasteiger partial charge in [-0.05, 0) is 42.3 Å². The summed E-state index contributed by atoms with van der Waals surface area (Å²) in [6.07, 6.45) is 0.367. The fourth-order valence-electron chi connectivity index (χ4n) is 3.01. The van der Waals surface area contributed by atoms with Crippen molar-refractivity contribution < 1.29 is 18.7 Å². The number of hydrogen-bond donors (Lipinski definition) is 1. The summed E-state index contributed by atoms with van der Waals surface area (Å²) in [5, 5.41) is 2.76. The Bertz CT molecular complexity index is 828. The number of rotatable bonds is 6. The topological polar surface area (TPSA) is 58.6 Å². The molecule has 5 nitrogen and oxygen atoms in total. The maximum atomic E-state index is 13.2. The van der Waals surface area contributed by atoms with Gasteiger partial charge in [0.25, 0.3) is 5.91 Å². The maximum Gasteiger partial charge on any atom is 0.325 e. The maximum absolute atomic E-state index is 13.2. The normalized spacial score (nSPS) is 19.6. The van der Waals surface area contributed by atoms with Crippen LogP contribution in [0.3, 0.4) is 0 Å². The summed E-state index contributed by atoms with van der Waals surface area (Å²) in [6, 6.07) is 12.5. The highest BCUT2D eigenvalue weighted by atomic mass is 79.9. The van der Waals surface area contributed by atoms with E-state index >= 15 is 0 Å². The van der Waals surface area contributed by atoms with E-state index in [1.165, 1.54) is 24.3 Å². The van der Waals surface area contributed by atoms with Crippen molar-refractivity contribution in [3.63, 3.8) is 0 Å². The molecule has 0 bridgehead atoms. The molecule has 0 spiro atoms. The molecular weight excluding hydrogens is 403 g/mol. The number of urea groups is 1. The van der Waals surface area contributed by atoms with Gasteiger partial charge in [-0.2, -0.15) is 0 Å². The minimum absolute atomic E-state index is 0.125. The Balaban J connectivity index is 1.72. The van der Waals surface area contributed by atoms with E-state index in [9.17, 15) is 14.0 Å². The predicted octanol–water partition coefficient (Wildman–Crippen LogP) is 3.82. The van der Waals surface area contributed by atoms with E-state index in [4.69, 9.17) is 4.74 Å². The Morgan fingerprint density at radius 3 is 2.58 bits per heavy atom. The zero-order valence-corrected chi connectivity index (χ0v) is 15.8. The number of carbonyl (C=O) groups excluding carboxylic acids is 2. The molecule has 0 radical (unpaired) electrons. The van der Waals surface area contributed by atoms with Crippen LogP contribution >= 0.6 is 15.9 Å². The number of nitrogens with zero attached hydrogens (tertiary/aromatic N) is 1. The number of halogens is 2. The Kier molecular flexibility index (Phi) is 5.27. The lowest BCUT2D eigenvalue weighted by Crippen LogP contribution is -2.43. The van der Waals surface area contributed by atoms with E-state index in [2.05, 4.69) is 21.2 Å². The monoisotopic (exact) mass is 420 g/mol. The minimum Gasteiger partial charge on any atom is -0.492 e. The summed E-state index contributed by atoms with van der Waals surface area (Å²) in [6.45, 7) is 2.11. The lowest BCUT2D eigenvalue weighted by Gasteiger charge is -2.25. The summed E-state index contributed by atoms with van der Waals surface area (Å²) in [4.78, 5) is 26.4. The molecule has 136 valence electrons. The van der Waals surface area contributed by atoms with Gasteiger partial charge in [0.05, 0.1) is 6.54 Å². The zero-order valence-electron chi connectivity index (χ0n) is 14.2. The highest BCUT2D eigenvalue weighted by Crippen LogP contribution is 2.32. The lowest BCUT2D eigenvalue weighted by atomic mass is 9.87. The van der Waals surface area contributed by atoms with Crippen molar-refractivity contribution in [3.8, 4) is 5.75 Å².